The summed E-state index contributed by atoms with van der Waals surface area (Å²) in [5, 5.41) is 7.97. The van der Waals surface area contributed by atoms with E-state index in [4.69, 9.17) is 5.11 Å². The summed E-state index contributed by atoms with van der Waals surface area (Å²) in [6.07, 6.45) is 0. The van der Waals surface area contributed by atoms with Gasteiger partial charge in [-0.1, -0.05) is 30.8 Å². The van der Waals surface area contributed by atoms with Gasteiger partial charge in [0.25, 0.3) is 0 Å². The monoisotopic (exact) mass is 256 g/mol. The molecule has 2 unspecified atom stereocenters. The Morgan fingerprint density at radius 1 is 1.29 bits per heavy atom. The van der Waals surface area contributed by atoms with Crippen LogP contribution < -0.4 is 0 Å². The molecule has 0 amide bonds. The van der Waals surface area contributed by atoms with E-state index in [9.17, 15) is 14.0 Å². The minimum atomic E-state index is -1.04. The van der Waals surface area contributed by atoms with Gasteiger partial charge < -0.3 is 5.11 Å². The zero-order valence-electron chi connectivity index (χ0n) is 9.51. The van der Waals surface area contributed by atoms with Gasteiger partial charge in [-0.05, 0) is 17.7 Å². The Morgan fingerprint density at radius 2 is 1.82 bits per heavy atom. The summed E-state index contributed by atoms with van der Waals surface area (Å²) in [5.74, 6) is -1.77. The first kappa shape index (κ1) is 13.7. The number of rotatable bonds is 4. The average molecular weight is 256 g/mol. The third-order valence-corrected chi connectivity index (χ3v) is 3.58. The van der Waals surface area contributed by atoms with Crippen molar-refractivity contribution in [2.24, 2.45) is 0 Å². The molecular formula is C12H13FO3S. The van der Waals surface area contributed by atoms with Crippen molar-refractivity contribution in [3.05, 3.63) is 35.6 Å². The van der Waals surface area contributed by atoms with Crippen LogP contribution in [0.4, 0.5) is 4.39 Å². The molecule has 0 fully saturated rings. The molecule has 92 valence electrons. The Kier molecular flexibility index (Phi) is 4.69. The molecule has 0 bridgehead atoms. The van der Waals surface area contributed by atoms with Crippen LogP contribution in [0.1, 0.15) is 25.3 Å². The molecule has 17 heavy (non-hydrogen) atoms. The molecule has 0 radical (unpaired) electrons. The van der Waals surface area contributed by atoms with Crippen LogP contribution in [0, 0.1) is 5.82 Å². The second kappa shape index (κ2) is 5.82. The summed E-state index contributed by atoms with van der Waals surface area (Å²) in [7, 11) is 0. The van der Waals surface area contributed by atoms with Crippen LogP contribution >= 0.6 is 11.8 Å². The molecule has 3 nitrogen and oxygen atoms in total. The van der Waals surface area contributed by atoms with E-state index >= 15 is 0 Å². The van der Waals surface area contributed by atoms with E-state index in [0.717, 1.165) is 11.8 Å². The number of carbonyl (C=O) groups is 2. The SMILES string of the molecule is CC(=O)SC(C(=O)O)C(C)c1ccc(F)cc1. The van der Waals surface area contributed by atoms with E-state index in [1.807, 2.05) is 0 Å². The van der Waals surface area contributed by atoms with Crippen LogP contribution in [0.5, 0.6) is 0 Å². The van der Waals surface area contributed by atoms with Crippen LogP contribution in [0.25, 0.3) is 0 Å². The van der Waals surface area contributed by atoms with Crippen molar-refractivity contribution in [2.45, 2.75) is 25.0 Å². The molecule has 1 aromatic carbocycles. The van der Waals surface area contributed by atoms with Crippen LogP contribution in [-0.2, 0) is 9.59 Å². The van der Waals surface area contributed by atoms with E-state index in [0.29, 0.717) is 5.56 Å². The van der Waals surface area contributed by atoms with E-state index in [1.165, 1.54) is 31.2 Å². The Morgan fingerprint density at radius 3 is 2.24 bits per heavy atom. The van der Waals surface area contributed by atoms with Crippen LogP contribution in [0.2, 0.25) is 0 Å². The quantitative estimate of drug-likeness (QED) is 0.899. The smallest absolute Gasteiger partial charge is 0.317 e. The Labute approximate surface area is 103 Å². The Bertz CT molecular complexity index is 416. The van der Waals surface area contributed by atoms with Crippen molar-refractivity contribution in [1.29, 1.82) is 0 Å². The van der Waals surface area contributed by atoms with Gasteiger partial charge in [0.1, 0.15) is 11.1 Å². The molecule has 0 heterocycles. The van der Waals surface area contributed by atoms with Crippen LogP contribution in [0.3, 0.4) is 0 Å². The molecule has 0 aromatic heterocycles. The third kappa shape index (κ3) is 3.85. The molecule has 2 atom stereocenters. The molecule has 0 spiro atoms. The minimum absolute atomic E-state index is 0.244. The number of carboxylic acid groups (broad SMARTS) is 1. The fourth-order valence-corrected chi connectivity index (χ4v) is 2.31. The number of aliphatic carboxylic acids is 1. The topological polar surface area (TPSA) is 54.4 Å². The number of hydrogen-bond acceptors (Lipinski definition) is 3. The van der Waals surface area contributed by atoms with Gasteiger partial charge >= 0.3 is 5.97 Å². The normalized spacial score (nSPS) is 14.1. The van der Waals surface area contributed by atoms with E-state index < -0.39 is 11.2 Å². The highest BCUT2D eigenvalue weighted by molar-refractivity contribution is 8.14. The number of hydrogen-bond donors (Lipinski definition) is 1. The lowest BCUT2D eigenvalue weighted by atomic mass is 9.97. The highest BCUT2D eigenvalue weighted by Crippen LogP contribution is 2.29. The van der Waals surface area contributed by atoms with E-state index in [2.05, 4.69) is 0 Å². The summed E-state index contributed by atoms with van der Waals surface area (Å²) in [4.78, 5) is 22.1. The number of carboxylic acids is 1. The lowest BCUT2D eigenvalue weighted by molar-refractivity contribution is -0.136. The number of benzene rings is 1. The lowest BCUT2D eigenvalue weighted by Crippen LogP contribution is -2.24. The largest absolute Gasteiger partial charge is 0.480 e. The standard InChI is InChI=1S/C12H13FO3S/c1-7(9-3-5-10(13)6-4-9)11(12(15)16)17-8(2)14/h3-7,11H,1-2H3,(H,15,16). The van der Waals surface area contributed by atoms with Crippen molar-refractivity contribution in [3.8, 4) is 0 Å². The molecule has 1 N–H and O–H groups in total. The van der Waals surface area contributed by atoms with Crippen LogP contribution in [0.15, 0.2) is 24.3 Å². The molecular weight excluding hydrogens is 243 g/mol. The van der Waals surface area contributed by atoms with Crippen molar-refractivity contribution < 1.29 is 19.1 Å². The van der Waals surface area contributed by atoms with E-state index in [-0.39, 0.29) is 16.9 Å². The van der Waals surface area contributed by atoms with Crippen LogP contribution in [-0.4, -0.2) is 21.4 Å². The highest BCUT2D eigenvalue weighted by atomic mass is 32.2. The first-order chi connectivity index (χ1) is 7.91. The van der Waals surface area contributed by atoms with Gasteiger partial charge in [0.2, 0.25) is 0 Å². The van der Waals surface area contributed by atoms with Crippen molar-refractivity contribution in [3.63, 3.8) is 0 Å². The molecule has 0 aliphatic heterocycles. The molecule has 0 saturated carbocycles. The molecule has 1 aromatic rings. The minimum Gasteiger partial charge on any atom is -0.480 e. The maximum atomic E-state index is 12.7. The second-order valence-corrected chi connectivity index (χ2v) is 5.03. The maximum absolute atomic E-state index is 12.7. The third-order valence-electron chi connectivity index (χ3n) is 2.39. The zero-order valence-corrected chi connectivity index (χ0v) is 10.3. The van der Waals surface area contributed by atoms with Crippen molar-refractivity contribution in [2.75, 3.05) is 0 Å². The van der Waals surface area contributed by atoms with Gasteiger partial charge in [0.05, 0.1) is 0 Å². The predicted octanol–water partition coefficient (Wildman–Crippen LogP) is 2.66. The second-order valence-electron chi connectivity index (χ2n) is 3.71. The fraction of sp³-hybridized carbons (Fsp3) is 0.333. The van der Waals surface area contributed by atoms with E-state index in [1.54, 1.807) is 6.92 Å². The first-order valence-electron chi connectivity index (χ1n) is 5.07. The van der Waals surface area contributed by atoms with Gasteiger partial charge in [-0.3, -0.25) is 9.59 Å². The number of thioether (sulfide) groups is 1. The van der Waals surface area contributed by atoms with Gasteiger partial charge in [-0.2, -0.15) is 0 Å². The summed E-state index contributed by atoms with van der Waals surface area (Å²) in [5.41, 5.74) is 0.701. The highest BCUT2D eigenvalue weighted by Gasteiger charge is 2.28. The zero-order chi connectivity index (χ0) is 13.0. The van der Waals surface area contributed by atoms with Gasteiger partial charge in [0.15, 0.2) is 5.12 Å². The molecule has 5 heteroatoms. The predicted molar refractivity (Wildman–Crippen MR) is 64.5 cm³/mol. The van der Waals surface area contributed by atoms with Gasteiger partial charge in [0, 0.05) is 12.8 Å². The number of halogens is 1. The van der Waals surface area contributed by atoms with Crippen molar-refractivity contribution >= 4 is 22.8 Å². The average Bonchev–Trinajstić information content (AvgIpc) is 2.25. The molecule has 0 saturated heterocycles. The maximum Gasteiger partial charge on any atom is 0.317 e. The molecule has 1 rings (SSSR count). The molecule has 0 aliphatic carbocycles. The fourth-order valence-electron chi connectivity index (χ4n) is 1.49. The number of carbonyl (C=O) groups excluding carboxylic acids is 1. The Balaban J connectivity index is 2.91. The summed E-state index contributed by atoms with van der Waals surface area (Å²) in [6, 6.07) is 5.64. The Hall–Kier alpha value is -1.36. The summed E-state index contributed by atoms with van der Waals surface area (Å²) in [6.45, 7) is 3.04. The molecule has 0 aliphatic rings. The van der Waals surface area contributed by atoms with Gasteiger partial charge in [-0.25, -0.2) is 4.39 Å². The van der Waals surface area contributed by atoms with Crippen molar-refractivity contribution in [1.82, 2.24) is 0 Å². The first-order valence-corrected chi connectivity index (χ1v) is 5.95. The summed E-state index contributed by atoms with van der Waals surface area (Å²) >= 11 is 0.783. The lowest BCUT2D eigenvalue weighted by Gasteiger charge is -2.18. The summed E-state index contributed by atoms with van der Waals surface area (Å²) < 4.78 is 12.7. The van der Waals surface area contributed by atoms with Gasteiger partial charge in [-0.15, -0.1) is 0 Å².